The van der Waals surface area contributed by atoms with Gasteiger partial charge in [0, 0.05) is 11.1 Å². The van der Waals surface area contributed by atoms with Crippen molar-refractivity contribution in [1.82, 2.24) is 4.98 Å². The zero-order valence-electron chi connectivity index (χ0n) is 13.2. The molecule has 0 atom stereocenters. The highest BCUT2D eigenvalue weighted by molar-refractivity contribution is 9.10. The van der Waals surface area contributed by atoms with E-state index in [1.165, 1.54) is 11.3 Å². The molecule has 120 valence electrons. The van der Waals surface area contributed by atoms with E-state index < -0.39 is 0 Å². The number of rotatable bonds is 6. The number of nitriles is 1. The average Bonchev–Trinajstić information content (AvgIpc) is 2.97. The van der Waals surface area contributed by atoms with Crippen LogP contribution < -0.4 is 9.47 Å². The highest BCUT2D eigenvalue weighted by atomic mass is 79.9. The molecule has 1 aromatic carbocycles. The molecule has 4 nitrogen and oxygen atoms in total. The van der Waals surface area contributed by atoms with Crippen LogP contribution in [-0.2, 0) is 0 Å². The molecule has 2 aromatic rings. The van der Waals surface area contributed by atoms with Crippen molar-refractivity contribution < 1.29 is 9.47 Å². The molecule has 2 rings (SSSR count). The van der Waals surface area contributed by atoms with Crippen LogP contribution in [0.1, 0.15) is 29.6 Å². The fraction of sp³-hybridized carbons (Fsp3) is 0.294. The Kier molecular flexibility index (Phi) is 6.20. The summed E-state index contributed by atoms with van der Waals surface area (Å²) in [5, 5.41) is 12.0. The lowest BCUT2D eigenvalue weighted by atomic mass is 10.1. The molecule has 6 heteroatoms. The predicted molar refractivity (Wildman–Crippen MR) is 96.8 cm³/mol. The second kappa shape index (κ2) is 8.14. The normalized spacial score (nSPS) is 11.2. The van der Waals surface area contributed by atoms with Gasteiger partial charge in [-0.25, -0.2) is 4.98 Å². The number of allylic oxidation sites excluding steroid dienone is 1. The van der Waals surface area contributed by atoms with Gasteiger partial charge in [0.15, 0.2) is 11.5 Å². The molecule has 0 saturated heterocycles. The Morgan fingerprint density at radius 3 is 2.83 bits per heavy atom. The Morgan fingerprint density at radius 1 is 1.48 bits per heavy atom. The summed E-state index contributed by atoms with van der Waals surface area (Å²) < 4.78 is 11.9. The lowest BCUT2D eigenvalue weighted by Gasteiger charge is -2.13. The van der Waals surface area contributed by atoms with Gasteiger partial charge in [-0.15, -0.1) is 11.3 Å². The Morgan fingerprint density at radius 2 is 2.26 bits per heavy atom. The maximum absolute atomic E-state index is 9.40. The van der Waals surface area contributed by atoms with E-state index in [4.69, 9.17) is 9.47 Å². The molecule has 0 N–H and O–H groups in total. The van der Waals surface area contributed by atoms with Crippen LogP contribution in [-0.4, -0.2) is 18.7 Å². The molecule has 0 aliphatic rings. The number of benzene rings is 1. The quantitative estimate of drug-likeness (QED) is 0.643. The first kappa shape index (κ1) is 17.5. The molecule has 1 heterocycles. The molecule has 0 fully saturated rings. The predicted octanol–water partition coefficient (Wildman–Crippen LogP) is 5.08. The molecule has 23 heavy (non-hydrogen) atoms. The summed E-state index contributed by atoms with van der Waals surface area (Å²) in [4.78, 5) is 4.36. The molecule has 0 bridgehead atoms. The molecule has 0 saturated carbocycles. The summed E-state index contributed by atoms with van der Waals surface area (Å²) in [6.45, 7) is 4.58. The van der Waals surface area contributed by atoms with Crippen molar-refractivity contribution >= 4 is 38.9 Å². The summed E-state index contributed by atoms with van der Waals surface area (Å²) >= 11 is 4.97. The van der Waals surface area contributed by atoms with Crippen LogP contribution in [0.2, 0.25) is 0 Å². The zero-order valence-corrected chi connectivity index (χ0v) is 15.6. The van der Waals surface area contributed by atoms with E-state index in [2.05, 4.69) is 27.0 Å². The van der Waals surface area contributed by atoms with Crippen LogP contribution in [0.3, 0.4) is 0 Å². The summed E-state index contributed by atoms with van der Waals surface area (Å²) in [5.74, 6) is 1.31. The van der Waals surface area contributed by atoms with Gasteiger partial charge in [-0.1, -0.05) is 6.92 Å². The number of hydrogen-bond donors (Lipinski definition) is 0. The summed E-state index contributed by atoms with van der Waals surface area (Å²) in [6.07, 6.45) is 2.72. The molecule has 0 aliphatic carbocycles. The van der Waals surface area contributed by atoms with Gasteiger partial charge in [-0.3, -0.25) is 0 Å². The second-order valence-electron chi connectivity index (χ2n) is 4.85. The molecule has 0 amide bonds. The smallest absolute Gasteiger partial charge is 0.175 e. The van der Waals surface area contributed by atoms with Crippen molar-refractivity contribution in [3.8, 4) is 17.6 Å². The third kappa shape index (κ3) is 4.34. The van der Waals surface area contributed by atoms with E-state index in [0.717, 1.165) is 22.2 Å². The third-order valence-electron chi connectivity index (χ3n) is 2.98. The number of hydrogen-bond acceptors (Lipinski definition) is 5. The van der Waals surface area contributed by atoms with E-state index in [-0.39, 0.29) is 0 Å². The molecular weight excluding hydrogens is 376 g/mol. The maximum Gasteiger partial charge on any atom is 0.175 e. The highest BCUT2D eigenvalue weighted by Crippen LogP contribution is 2.37. The minimum Gasteiger partial charge on any atom is -0.493 e. The standard InChI is InChI=1S/C17H17BrN2O2S/c1-4-5-22-16-14(18)7-12(8-15(16)21-3)6-13(9-19)17-20-11(2)10-23-17/h6-8,10H,4-5H2,1-3H3/b13-6+. The highest BCUT2D eigenvalue weighted by Gasteiger charge is 2.12. The van der Waals surface area contributed by atoms with Crippen molar-refractivity contribution in [3.63, 3.8) is 0 Å². The van der Waals surface area contributed by atoms with Crippen LogP contribution in [0.15, 0.2) is 22.0 Å². The van der Waals surface area contributed by atoms with Gasteiger partial charge in [-0.2, -0.15) is 5.26 Å². The second-order valence-corrected chi connectivity index (χ2v) is 6.56. The molecule has 0 spiro atoms. The number of methoxy groups -OCH3 is 1. The summed E-state index contributed by atoms with van der Waals surface area (Å²) in [5.41, 5.74) is 2.29. The van der Waals surface area contributed by atoms with Crippen LogP contribution >= 0.6 is 27.3 Å². The van der Waals surface area contributed by atoms with Gasteiger partial charge < -0.3 is 9.47 Å². The Bertz CT molecular complexity index is 762. The van der Waals surface area contributed by atoms with Crippen molar-refractivity contribution in [2.24, 2.45) is 0 Å². The summed E-state index contributed by atoms with van der Waals surface area (Å²) in [6, 6.07) is 5.97. The van der Waals surface area contributed by atoms with E-state index in [9.17, 15) is 5.26 Å². The fourth-order valence-electron chi connectivity index (χ4n) is 1.95. The first-order valence-corrected chi connectivity index (χ1v) is 8.81. The van der Waals surface area contributed by atoms with E-state index >= 15 is 0 Å². The lowest BCUT2D eigenvalue weighted by molar-refractivity contribution is 0.292. The van der Waals surface area contributed by atoms with Gasteiger partial charge in [-0.05, 0) is 53.0 Å². The van der Waals surface area contributed by atoms with Crippen molar-refractivity contribution in [3.05, 3.63) is 38.3 Å². The Hall–Kier alpha value is -1.84. The number of thiazole rings is 1. The Balaban J connectivity index is 2.41. The van der Waals surface area contributed by atoms with Crippen molar-refractivity contribution in [1.29, 1.82) is 5.26 Å². The number of ether oxygens (including phenoxy) is 2. The van der Waals surface area contributed by atoms with Crippen molar-refractivity contribution in [2.45, 2.75) is 20.3 Å². The number of nitrogens with zero attached hydrogens (tertiary/aromatic N) is 2. The van der Waals surface area contributed by atoms with Crippen molar-refractivity contribution in [2.75, 3.05) is 13.7 Å². The van der Waals surface area contributed by atoms with E-state index in [1.807, 2.05) is 31.4 Å². The van der Waals surface area contributed by atoms with Crippen LogP contribution in [0.4, 0.5) is 0 Å². The lowest BCUT2D eigenvalue weighted by Crippen LogP contribution is -1.99. The first-order valence-electron chi connectivity index (χ1n) is 7.13. The van der Waals surface area contributed by atoms with Crippen LogP contribution in [0.5, 0.6) is 11.5 Å². The maximum atomic E-state index is 9.40. The van der Waals surface area contributed by atoms with Crippen LogP contribution in [0.25, 0.3) is 11.6 Å². The average molecular weight is 393 g/mol. The van der Waals surface area contributed by atoms with Gasteiger partial charge >= 0.3 is 0 Å². The molecular formula is C17H17BrN2O2S. The molecule has 0 aliphatic heterocycles. The largest absolute Gasteiger partial charge is 0.493 e. The van der Waals surface area contributed by atoms with E-state index in [0.29, 0.717) is 28.7 Å². The molecule has 0 unspecified atom stereocenters. The third-order valence-corrected chi connectivity index (χ3v) is 4.57. The number of halogens is 1. The first-order chi connectivity index (χ1) is 11.1. The number of aromatic nitrogens is 1. The summed E-state index contributed by atoms with van der Waals surface area (Å²) in [7, 11) is 1.60. The van der Waals surface area contributed by atoms with Gasteiger partial charge in [0.25, 0.3) is 0 Å². The van der Waals surface area contributed by atoms with Crippen LogP contribution in [0, 0.1) is 18.3 Å². The van der Waals surface area contributed by atoms with Gasteiger partial charge in [0.2, 0.25) is 0 Å². The zero-order chi connectivity index (χ0) is 16.8. The number of aryl methyl sites for hydroxylation is 1. The molecule has 1 aromatic heterocycles. The van der Waals surface area contributed by atoms with Gasteiger partial charge in [0.1, 0.15) is 11.1 Å². The SMILES string of the molecule is CCCOc1c(Br)cc(/C=C(\C#N)c2nc(C)cs2)cc1OC. The minimum atomic E-state index is 0.527. The fourth-order valence-corrected chi connectivity index (χ4v) is 3.29. The Labute approximate surface area is 148 Å². The van der Waals surface area contributed by atoms with E-state index in [1.54, 1.807) is 13.2 Å². The monoisotopic (exact) mass is 392 g/mol. The topological polar surface area (TPSA) is 55.1 Å². The van der Waals surface area contributed by atoms with Gasteiger partial charge in [0.05, 0.1) is 23.8 Å². The minimum absolute atomic E-state index is 0.527. The molecule has 0 radical (unpaired) electrons.